The van der Waals surface area contributed by atoms with E-state index in [2.05, 4.69) is 26.4 Å². The monoisotopic (exact) mass is 393 g/mol. The molecular weight excluding hydrogens is 374 g/mol. The number of aryl methyl sites for hydroxylation is 1. The molecule has 4 rings (SSSR count). The van der Waals surface area contributed by atoms with Crippen molar-refractivity contribution < 1.29 is 4.79 Å². The van der Waals surface area contributed by atoms with Crippen LogP contribution in [0.4, 0.5) is 0 Å². The van der Waals surface area contributed by atoms with E-state index in [-0.39, 0.29) is 5.91 Å². The zero-order chi connectivity index (χ0) is 19.7. The van der Waals surface area contributed by atoms with Crippen LogP contribution >= 0.6 is 11.6 Å². The maximum Gasteiger partial charge on any atom is 0.251 e. The van der Waals surface area contributed by atoms with Crippen LogP contribution in [0.1, 0.15) is 23.1 Å². The molecule has 0 unspecified atom stereocenters. The van der Waals surface area contributed by atoms with Gasteiger partial charge in [-0.3, -0.25) is 4.79 Å². The smallest absolute Gasteiger partial charge is 0.251 e. The molecule has 6 nitrogen and oxygen atoms in total. The quantitative estimate of drug-likeness (QED) is 0.557. The number of nitrogens with zero attached hydrogens (tertiary/aromatic N) is 4. The number of halogens is 1. The molecule has 0 spiro atoms. The molecule has 0 fully saturated rings. The van der Waals surface area contributed by atoms with Gasteiger partial charge in [-0.15, -0.1) is 0 Å². The van der Waals surface area contributed by atoms with Gasteiger partial charge in [0.05, 0.1) is 17.6 Å². The maximum atomic E-state index is 11.9. The van der Waals surface area contributed by atoms with Crippen molar-refractivity contribution in [3.8, 4) is 11.4 Å². The molecule has 0 saturated carbocycles. The third kappa shape index (κ3) is 3.27. The molecule has 0 bridgehead atoms. The number of hydrogen-bond donors (Lipinski definition) is 1. The van der Waals surface area contributed by atoms with Gasteiger partial charge in [0.2, 0.25) is 0 Å². The highest BCUT2D eigenvalue weighted by atomic mass is 35.5. The Hall–Kier alpha value is -3.12. The second-order valence-electron chi connectivity index (χ2n) is 6.44. The molecule has 0 aliphatic rings. The number of rotatable bonds is 5. The number of benzene rings is 2. The molecule has 0 atom stereocenters. The van der Waals surface area contributed by atoms with Crippen molar-refractivity contribution in [1.29, 1.82) is 0 Å². The van der Waals surface area contributed by atoms with Crippen molar-refractivity contribution in [3.05, 3.63) is 71.3 Å². The second kappa shape index (κ2) is 7.48. The number of nitrogens with one attached hydrogen (secondary N) is 1. The van der Waals surface area contributed by atoms with E-state index in [0.29, 0.717) is 17.1 Å². The number of carbonyl (C=O) groups excluding carboxylic acids is 1. The summed E-state index contributed by atoms with van der Waals surface area (Å²) >= 11 is 6.14. The first kappa shape index (κ1) is 18.3. The number of hydrogen-bond acceptors (Lipinski definition) is 3. The molecule has 28 heavy (non-hydrogen) atoms. The lowest BCUT2D eigenvalue weighted by Gasteiger charge is -2.10. The van der Waals surface area contributed by atoms with Gasteiger partial charge in [0.1, 0.15) is 11.6 Å². The Balaban J connectivity index is 1.75. The average Bonchev–Trinajstić information content (AvgIpc) is 3.30. The summed E-state index contributed by atoms with van der Waals surface area (Å²) in [5.74, 6) is 1.63. The van der Waals surface area contributed by atoms with Crippen LogP contribution in [0.5, 0.6) is 0 Å². The van der Waals surface area contributed by atoms with Gasteiger partial charge in [-0.2, -0.15) is 0 Å². The Morgan fingerprint density at radius 2 is 2.07 bits per heavy atom. The fourth-order valence-corrected chi connectivity index (χ4v) is 3.61. The van der Waals surface area contributed by atoms with Crippen LogP contribution in [-0.2, 0) is 13.1 Å². The minimum Gasteiger partial charge on any atom is -0.355 e. The molecule has 2 aromatic carbocycles. The van der Waals surface area contributed by atoms with E-state index in [1.165, 1.54) is 0 Å². The van der Waals surface area contributed by atoms with Crippen molar-refractivity contribution in [3.63, 3.8) is 0 Å². The Morgan fingerprint density at radius 1 is 1.21 bits per heavy atom. The number of aromatic nitrogens is 4. The largest absolute Gasteiger partial charge is 0.355 e. The average molecular weight is 394 g/mol. The summed E-state index contributed by atoms with van der Waals surface area (Å²) < 4.78 is 4.21. The van der Waals surface area contributed by atoms with Gasteiger partial charge >= 0.3 is 0 Å². The van der Waals surface area contributed by atoms with Gasteiger partial charge in [0.25, 0.3) is 5.91 Å². The fraction of sp³-hybridized carbons (Fsp3) is 0.190. The molecule has 0 aliphatic heterocycles. The van der Waals surface area contributed by atoms with Gasteiger partial charge in [0, 0.05) is 42.1 Å². The molecule has 1 N–H and O–H groups in total. The molecule has 0 saturated heterocycles. The van der Waals surface area contributed by atoms with Gasteiger partial charge < -0.3 is 14.5 Å². The highest BCUT2D eigenvalue weighted by molar-refractivity contribution is 6.30. The summed E-state index contributed by atoms with van der Waals surface area (Å²) in [6.07, 6.45) is 3.71. The maximum absolute atomic E-state index is 11.9. The van der Waals surface area contributed by atoms with Crippen LogP contribution in [0.25, 0.3) is 22.4 Å². The van der Waals surface area contributed by atoms with Crippen molar-refractivity contribution in [2.75, 3.05) is 7.05 Å². The summed E-state index contributed by atoms with van der Waals surface area (Å²) in [7, 11) is 1.62. The third-order valence-corrected chi connectivity index (χ3v) is 4.98. The lowest BCUT2D eigenvalue weighted by atomic mass is 10.2. The molecule has 142 valence electrons. The Labute approximate surface area is 167 Å². The molecular formula is C21H20ClN5O. The molecule has 1 amide bonds. The summed E-state index contributed by atoms with van der Waals surface area (Å²) in [6.45, 7) is 3.44. The summed E-state index contributed by atoms with van der Waals surface area (Å²) in [5, 5.41) is 3.33. The minimum absolute atomic E-state index is 0.118. The Morgan fingerprint density at radius 3 is 2.82 bits per heavy atom. The lowest BCUT2D eigenvalue weighted by Crippen LogP contribution is -2.17. The summed E-state index contributed by atoms with van der Waals surface area (Å²) in [5.41, 5.74) is 3.38. The number of fused-ring (bicyclic) bond motifs is 1. The molecule has 2 heterocycles. The van der Waals surface area contributed by atoms with Crippen LogP contribution in [0.15, 0.2) is 54.9 Å². The van der Waals surface area contributed by atoms with Gasteiger partial charge in [0.15, 0.2) is 0 Å². The van der Waals surface area contributed by atoms with Crippen LogP contribution in [0.3, 0.4) is 0 Å². The Bertz CT molecular complexity index is 1160. The fourth-order valence-electron chi connectivity index (χ4n) is 3.42. The van der Waals surface area contributed by atoms with E-state index in [1.54, 1.807) is 13.2 Å². The topological polar surface area (TPSA) is 64.7 Å². The van der Waals surface area contributed by atoms with E-state index in [1.807, 2.05) is 48.7 Å². The van der Waals surface area contributed by atoms with Gasteiger partial charge in [-0.25, -0.2) is 9.97 Å². The first-order chi connectivity index (χ1) is 13.6. The van der Waals surface area contributed by atoms with Crippen LogP contribution in [0, 0.1) is 0 Å². The van der Waals surface area contributed by atoms with Crippen molar-refractivity contribution in [1.82, 2.24) is 24.4 Å². The van der Waals surface area contributed by atoms with E-state index in [9.17, 15) is 4.79 Å². The van der Waals surface area contributed by atoms with Crippen LogP contribution < -0.4 is 5.32 Å². The van der Waals surface area contributed by atoms with Crippen molar-refractivity contribution >= 4 is 28.5 Å². The predicted octanol–water partition coefficient (Wildman–Crippen LogP) is 3.98. The first-order valence-corrected chi connectivity index (χ1v) is 9.46. The molecule has 0 aliphatic carbocycles. The van der Waals surface area contributed by atoms with E-state index < -0.39 is 0 Å². The number of amides is 1. The second-order valence-corrected chi connectivity index (χ2v) is 6.88. The van der Waals surface area contributed by atoms with E-state index in [0.717, 1.165) is 34.8 Å². The number of imidazole rings is 2. The zero-order valence-electron chi connectivity index (χ0n) is 15.7. The lowest BCUT2D eigenvalue weighted by molar-refractivity contribution is 0.0963. The van der Waals surface area contributed by atoms with E-state index >= 15 is 0 Å². The zero-order valence-corrected chi connectivity index (χ0v) is 16.4. The van der Waals surface area contributed by atoms with Crippen LogP contribution in [0.2, 0.25) is 5.02 Å². The highest BCUT2D eigenvalue weighted by Gasteiger charge is 2.14. The third-order valence-electron chi connectivity index (χ3n) is 4.74. The molecule has 4 aromatic rings. The normalized spacial score (nSPS) is 11.1. The number of carbonyl (C=O) groups is 1. The van der Waals surface area contributed by atoms with E-state index in [4.69, 9.17) is 16.6 Å². The standard InChI is InChI=1S/C21H20ClN5O/c1-3-27-18-8-7-15(21(28)23-2)12-17(18)25-19(27)13-26-10-9-24-20(26)14-5-4-6-16(22)11-14/h4-12H,3,13H2,1-2H3,(H,23,28). The minimum atomic E-state index is -0.118. The SMILES string of the molecule is CCn1c(Cn2ccnc2-c2cccc(Cl)c2)nc2cc(C(=O)NC)ccc21. The highest BCUT2D eigenvalue weighted by Crippen LogP contribution is 2.24. The van der Waals surface area contributed by atoms with Crippen molar-refractivity contribution in [2.45, 2.75) is 20.0 Å². The molecule has 0 radical (unpaired) electrons. The first-order valence-electron chi connectivity index (χ1n) is 9.09. The van der Waals surface area contributed by atoms with Gasteiger partial charge in [-0.05, 0) is 37.3 Å². The molecule has 7 heteroatoms. The van der Waals surface area contributed by atoms with Crippen LogP contribution in [-0.4, -0.2) is 32.1 Å². The van der Waals surface area contributed by atoms with Gasteiger partial charge in [-0.1, -0.05) is 23.7 Å². The summed E-state index contributed by atoms with van der Waals surface area (Å²) in [6, 6.07) is 13.3. The molecule has 2 aromatic heterocycles. The predicted molar refractivity (Wildman–Crippen MR) is 111 cm³/mol. The van der Waals surface area contributed by atoms with Crippen molar-refractivity contribution in [2.24, 2.45) is 0 Å². The summed E-state index contributed by atoms with van der Waals surface area (Å²) in [4.78, 5) is 21.2. The Kier molecular flexibility index (Phi) is 4.88.